The largest absolute Gasteiger partial charge is 0.480 e. The quantitative estimate of drug-likeness (QED) is 0.459. The zero-order valence-electron chi connectivity index (χ0n) is 19.9. The number of hydrogen-bond donors (Lipinski definition) is 2. The van der Waals surface area contributed by atoms with Crippen molar-refractivity contribution < 1.29 is 29.0 Å². The number of carboxylic acids is 1. The number of rotatable bonds is 8. The van der Waals surface area contributed by atoms with Gasteiger partial charge in [-0.3, -0.25) is 0 Å². The first-order valence-electron chi connectivity index (χ1n) is 11.4. The minimum absolute atomic E-state index is 0.0525. The molecule has 8 heteroatoms. The van der Waals surface area contributed by atoms with Gasteiger partial charge in [0.15, 0.2) is 0 Å². The Bertz CT molecular complexity index is 1060. The number of nitrogens with zero attached hydrogens (tertiary/aromatic N) is 1. The standard InChI is InChI=1S/C26H32N2O6/c1-26(2,3)34-25(32)28(22(23(29)30)13-6-7-14-27)24(31)33-16-18-10-8-12-20-19-11-5-4-9-17(19)15-21(18)20/h4-5,8-12,22H,6-7,13-16,27H2,1-3H3,(H,29,30). The van der Waals surface area contributed by atoms with Crippen LogP contribution in [0, 0.1) is 0 Å². The summed E-state index contributed by atoms with van der Waals surface area (Å²) in [7, 11) is 0. The lowest BCUT2D eigenvalue weighted by molar-refractivity contribution is -0.143. The molecule has 2 amide bonds. The molecular weight excluding hydrogens is 436 g/mol. The molecule has 0 aliphatic heterocycles. The van der Waals surface area contributed by atoms with Crippen molar-refractivity contribution in [1.29, 1.82) is 0 Å². The number of carboxylic acid groups (broad SMARTS) is 1. The van der Waals surface area contributed by atoms with Gasteiger partial charge in [-0.2, -0.15) is 4.90 Å². The first-order chi connectivity index (χ1) is 16.1. The highest BCUT2D eigenvalue weighted by Gasteiger charge is 2.38. The maximum Gasteiger partial charge on any atom is 0.420 e. The highest BCUT2D eigenvalue weighted by Crippen LogP contribution is 2.38. The first-order valence-corrected chi connectivity index (χ1v) is 11.4. The van der Waals surface area contributed by atoms with Crippen molar-refractivity contribution in [2.24, 2.45) is 5.73 Å². The topological polar surface area (TPSA) is 119 Å². The second-order valence-corrected chi connectivity index (χ2v) is 9.32. The molecule has 0 bridgehead atoms. The van der Waals surface area contributed by atoms with E-state index in [1.165, 1.54) is 5.56 Å². The molecule has 0 spiro atoms. The van der Waals surface area contributed by atoms with Gasteiger partial charge >= 0.3 is 18.2 Å². The van der Waals surface area contributed by atoms with E-state index >= 15 is 0 Å². The molecule has 8 nitrogen and oxygen atoms in total. The minimum atomic E-state index is -1.42. The first kappa shape index (κ1) is 25.2. The van der Waals surface area contributed by atoms with E-state index in [0.29, 0.717) is 30.7 Å². The number of unbranched alkanes of at least 4 members (excludes halogenated alkanes) is 1. The zero-order chi connectivity index (χ0) is 24.9. The third-order valence-electron chi connectivity index (χ3n) is 5.61. The number of aliphatic carboxylic acids is 1. The second-order valence-electron chi connectivity index (χ2n) is 9.32. The third kappa shape index (κ3) is 5.94. The van der Waals surface area contributed by atoms with E-state index in [2.05, 4.69) is 12.1 Å². The van der Waals surface area contributed by atoms with Crippen LogP contribution in [0.5, 0.6) is 0 Å². The normalized spacial score (nSPS) is 12.9. The number of benzene rings is 2. The van der Waals surface area contributed by atoms with Crippen LogP contribution in [-0.2, 0) is 27.3 Å². The van der Waals surface area contributed by atoms with Crippen LogP contribution in [0.1, 0.15) is 56.7 Å². The smallest absolute Gasteiger partial charge is 0.420 e. The summed E-state index contributed by atoms with van der Waals surface area (Å²) in [6.07, 6.45) is -0.337. The highest BCUT2D eigenvalue weighted by atomic mass is 16.6. The van der Waals surface area contributed by atoms with Crippen LogP contribution >= 0.6 is 0 Å². The van der Waals surface area contributed by atoms with Crippen LogP contribution in [-0.4, -0.2) is 46.3 Å². The van der Waals surface area contributed by atoms with Gasteiger partial charge in [0.2, 0.25) is 0 Å². The predicted molar refractivity (Wildman–Crippen MR) is 127 cm³/mol. The van der Waals surface area contributed by atoms with Crippen molar-refractivity contribution in [3.05, 3.63) is 59.2 Å². The molecule has 0 aromatic heterocycles. The van der Waals surface area contributed by atoms with E-state index < -0.39 is 29.8 Å². The molecular formula is C26H32N2O6. The van der Waals surface area contributed by atoms with Gasteiger partial charge in [-0.1, -0.05) is 42.5 Å². The number of fused-ring (bicyclic) bond motifs is 3. The van der Waals surface area contributed by atoms with E-state index in [-0.39, 0.29) is 13.0 Å². The van der Waals surface area contributed by atoms with Crippen molar-refractivity contribution >= 4 is 18.2 Å². The number of ether oxygens (including phenoxy) is 2. The molecule has 182 valence electrons. The number of imide groups is 1. The van der Waals surface area contributed by atoms with Crippen molar-refractivity contribution in [1.82, 2.24) is 4.90 Å². The summed E-state index contributed by atoms with van der Waals surface area (Å²) in [4.78, 5) is 38.4. The molecule has 0 saturated heterocycles. The Balaban J connectivity index is 1.81. The summed E-state index contributed by atoms with van der Waals surface area (Å²) >= 11 is 0. The zero-order valence-corrected chi connectivity index (χ0v) is 19.9. The average Bonchev–Trinajstić information content (AvgIpc) is 3.15. The Morgan fingerprint density at radius 3 is 2.41 bits per heavy atom. The molecule has 2 aromatic rings. The lowest BCUT2D eigenvalue weighted by atomic mass is 10.0. The molecule has 1 aliphatic rings. The average molecular weight is 469 g/mol. The Morgan fingerprint density at radius 2 is 1.74 bits per heavy atom. The summed E-state index contributed by atoms with van der Waals surface area (Å²) in [6, 6.07) is 12.5. The molecule has 2 aromatic carbocycles. The Morgan fingerprint density at radius 1 is 1.03 bits per heavy atom. The van der Waals surface area contributed by atoms with E-state index in [1.807, 2.05) is 30.3 Å². The van der Waals surface area contributed by atoms with Crippen LogP contribution in [0.4, 0.5) is 9.59 Å². The lowest BCUT2D eigenvalue weighted by Gasteiger charge is -2.29. The molecule has 0 saturated carbocycles. The van der Waals surface area contributed by atoms with Gasteiger partial charge in [-0.05, 0) is 80.8 Å². The fourth-order valence-corrected chi connectivity index (χ4v) is 4.05. The van der Waals surface area contributed by atoms with Gasteiger partial charge in [-0.15, -0.1) is 0 Å². The van der Waals surface area contributed by atoms with Crippen LogP contribution < -0.4 is 5.73 Å². The van der Waals surface area contributed by atoms with Crippen molar-refractivity contribution in [2.45, 2.75) is 64.7 Å². The molecule has 3 rings (SSSR count). The Kier molecular flexibility index (Phi) is 7.94. The van der Waals surface area contributed by atoms with Crippen LogP contribution in [0.2, 0.25) is 0 Å². The summed E-state index contributed by atoms with van der Waals surface area (Å²) in [5, 5.41) is 9.76. The molecule has 1 unspecified atom stereocenters. The lowest BCUT2D eigenvalue weighted by Crippen LogP contribution is -2.50. The maximum atomic E-state index is 13.1. The van der Waals surface area contributed by atoms with Crippen LogP contribution in [0.25, 0.3) is 11.1 Å². The van der Waals surface area contributed by atoms with Crippen LogP contribution in [0.3, 0.4) is 0 Å². The number of carbonyl (C=O) groups excluding carboxylic acids is 2. The van der Waals surface area contributed by atoms with E-state index in [1.54, 1.807) is 20.8 Å². The van der Waals surface area contributed by atoms with E-state index in [0.717, 1.165) is 22.3 Å². The van der Waals surface area contributed by atoms with Gasteiger partial charge in [0.05, 0.1) is 0 Å². The number of hydrogen-bond acceptors (Lipinski definition) is 6. The molecule has 34 heavy (non-hydrogen) atoms. The van der Waals surface area contributed by atoms with Crippen molar-refractivity contribution in [3.63, 3.8) is 0 Å². The Labute approximate surface area is 199 Å². The monoisotopic (exact) mass is 468 g/mol. The van der Waals surface area contributed by atoms with Crippen LogP contribution in [0.15, 0.2) is 42.5 Å². The third-order valence-corrected chi connectivity index (χ3v) is 5.61. The number of amides is 2. The fraction of sp³-hybridized carbons (Fsp3) is 0.423. The van der Waals surface area contributed by atoms with E-state index in [9.17, 15) is 19.5 Å². The Hall–Kier alpha value is -3.39. The van der Waals surface area contributed by atoms with E-state index in [4.69, 9.17) is 15.2 Å². The fourth-order valence-electron chi connectivity index (χ4n) is 4.05. The maximum absolute atomic E-state index is 13.1. The molecule has 0 heterocycles. The summed E-state index contributed by atoms with van der Waals surface area (Å²) < 4.78 is 10.8. The summed E-state index contributed by atoms with van der Waals surface area (Å²) in [5.41, 5.74) is 9.88. The van der Waals surface area contributed by atoms with Gasteiger partial charge in [-0.25, -0.2) is 14.4 Å². The molecule has 0 radical (unpaired) electrons. The summed E-state index contributed by atoms with van der Waals surface area (Å²) in [6.45, 7) is 5.21. The van der Waals surface area contributed by atoms with Crippen molar-refractivity contribution in [3.8, 4) is 11.1 Å². The molecule has 3 N–H and O–H groups in total. The highest BCUT2D eigenvalue weighted by molar-refractivity contribution is 5.93. The predicted octanol–water partition coefficient (Wildman–Crippen LogP) is 4.71. The number of nitrogens with two attached hydrogens (primary N) is 1. The molecule has 1 aliphatic carbocycles. The molecule has 0 fully saturated rings. The van der Waals surface area contributed by atoms with Gasteiger partial charge in [0, 0.05) is 0 Å². The SMILES string of the molecule is CC(C)(C)OC(=O)N(C(=O)OCc1cccc2c1Cc1ccccc1-2)C(CCCCN)C(=O)O. The molecule has 1 atom stereocenters. The number of carbonyl (C=O) groups is 3. The van der Waals surface area contributed by atoms with Gasteiger partial charge < -0.3 is 20.3 Å². The van der Waals surface area contributed by atoms with Gasteiger partial charge in [0.25, 0.3) is 0 Å². The minimum Gasteiger partial charge on any atom is -0.480 e. The second kappa shape index (κ2) is 10.7. The van der Waals surface area contributed by atoms with Crippen molar-refractivity contribution in [2.75, 3.05) is 6.54 Å². The summed E-state index contributed by atoms with van der Waals surface area (Å²) in [5.74, 6) is -1.31. The van der Waals surface area contributed by atoms with Gasteiger partial charge in [0.1, 0.15) is 18.2 Å².